The molecule has 9 heteroatoms. The first-order valence-electron chi connectivity index (χ1n) is 10.8. The van der Waals surface area contributed by atoms with Crippen molar-refractivity contribution in [3.63, 3.8) is 0 Å². The highest BCUT2D eigenvalue weighted by atomic mass is 32.1. The van der Waals surface area contributed by atoms with Gasteiger partial charge < -0.3 is 5.32 Å². The summed E-state index contributed by atoms with van der Waals surface area (Å²) in [5, 5.41) is 14.5. The smallest absolute Gasteiger partial charge is 0.307 e. The van der Waals surface area contributed by atoms with E-state index in [4.69, 9.17) is 10.2 Å². The van der Waals surface area contributed by atoms with Gasteiger partial charge in [0.15, 0.2) is 5.82 Å². The van der Waals surface area contributed by atoms with Gasteiger partial charge in [-0.3, -0.25) is 5.01 Å². The van der Waals surface area contributed by atoms with E-state index in [9.17, 15) is 4.79 Å². The molecule has 0 radical (unpaired) electrons. The second-order valence-corrected chi connectivity index (χ2v) is 10.2. The summed E-state index contributed by atoms with van der Waals surface area (Å²) >= 11 is 1.65. The second-order valence-electron chi connectivity index (χ2n) is 9.13. The van der Waals surface area contributed by atoms with E-state index in [1.54, 1.807) is 22.4 Å². The zero-order valence-corrected chi connectivity index (χ0v) is 20.3. The normalized spacial score (nSPS) is 11.1. The third-order valence-electron chi connectivity index (χ3n) is 4.82. The lowest BCUT2D eigenvalue weighted by Gasteiger charge is -2.30. The van der Waals surface area contributed by atoms with Gasteiger partial charge in [-0.25, -0.2) is 20.2 Å². The average Bonchev–Trinajstić information content (AvgIpc) is 3.21. The van der Waals surface area contributed by atoms with Gasteiger partial charge >= 0.3 is 6.03 Å². The van der Waals surface area contributed by atoms with Crippen LogP contribution in [0.15, 0.2) is 54.7 Å². The van der Waals surface area contributed by atoms with Crippen molar-refractivity contribution >= 4 is 39.1 Å². The number of hydrogen-bond acceptors (Lipinski definition) is 7. The zero-order chi connectivity index (χ0) is 24.3. The molecule has 2 N–H and O–H groups in total. The fourth-order valence-corrected chi connectivity index (χ4v) is 4.41. The van der Waals surface area contributed by atoms with Gasteiger partial charge in [0.05, 0.1) is 10.2 Å². The second kappa shape index (κ2) is 9.45. The van der Waals surface area contributed by atoms with E-state index in [0.717, 1.165) is 20.8 Å². The maximum atomic E-state index is 12.8. The Bertz CT molecular complexity index is 1370. The number of urea groups is 1. The fraction of sp³-hybridized carbons (Fsp3) is 0.240. The number of hydrogen-bond donors (Lipinski definition) is 2. The summed E-state index contributed by atoms with van der Waals surface area (Å²) in [6, 6.07) is 17.0. The van der Waals surface area contributed by atoms with Gasteiger partial charge in [0, 0.05) is 30.1 Å². The van der Waals surface area contributed by atoms with Gasteiger partial charge in [-0.15, -0.1) is 11.3 Å². The molecule has 8 nitrogen and oxygen atoms in total. The van der Waals surface area contributed by atoms with Crippen LogP contribution in [0.5, 0.6) is 0 Å². The molecule has 0 fully saturated rings. The molecular formula is C25H25N7OS. The molecule has 0 aliphatic heterocycles. The van der Waals surface area contributed by atoms with Crippen molar-refractivity contribution in [1.29, 1.82) is 5.26 Å². The van der Waals surface area contributed by atoms with Gasteiger partial charge in [-0.2, -0.15) is 10.2 Å². The molecule has 2 heterocycles. The monoisotopic (exact) mass is 471 g/mol. The Balaban J connectivity index is 1.47. The minimum Gasteiger partial charge on any atom is -0.307 e. The van der Waals surface area contributed by atoms with Crippen LogP contribution in [0.2, 0.25) is 0 Å². The Hall–Kier alpha value is -4.03. The number of amides is 2. The molecule has 0 aliphatic carbocycles. The Morgan fingerprint density at radius 1 is 1.12 bits per heavy atom. The molecule has 4 aromatic rings. The fourth-order valence-electron chi connectivity index (χ4n) is 3.34. The predicted octanol–water partition coefficient (Wildman–Crippen LogP) is 5.52. The number of thiazole rings is 1. The lowest BCUT2D eigenvalue weighted by atomic mass is 9.97. The molecule has 0 bridgehead atoms. The molecule has 2 amide bonds. The molecule has 0 saturated carbocycles. The minimum atomic E-state index is -0.412. The SMILES string of the molecule is Cc1ccc2nc(-c3ccc(NC(=O)NN(CC(C)(C)C)c4ccnc(C#N)n4)cc3)sc2c1. The molecule has 2 aromatic carbocycles. The Kier molecular flexibility index (Phi) is 6.43. The topological polar surface area (TPSA) is 107 Å². The third-order valence-corrected chi connectivity index (χ3v) is 5.89. The third kappa shape index (κ3) is 5.66. The van der Waals surface area contributed by atoms with E-state index >= 15 is 0 Å². The Labute approximate surface area is 202 Å². The number of anilines is 2. The maximum Gasteiger partial charge on any atom is 0.338 e. The number of carbonyl (C=O) groups excluding carboxylic acids is 1. The summed E-state index contributed by atoms with van der Waals surface area (Å²) in [7, 11) is 0. The van der Waals surface area contributed by atoms with Crippen molar-refractivity contribution in [2.75, 3.05) is 16.9 Å². The van der Waals surface area contributed by atoms with Gasteiger partial charge in [0.25, 0.3) is 0 Å². The van der Waals surface area contributed by atoms with Gasteiger partial charge in [0.1, 0.15) is 11.1 Å². The van der Waals surface area contributed by atoms with Gasteiger partial charge in [-0.1, -0.05) is 26.8 Å². The highest BCUT2D eigenvalue weighted by molar-refractivity contribution is 7.21. The molecule has 0 unspecified atom stereocenters. The summed E-state index contributed by atoms with van der Waals surface area (Å²) in [6.07, 6.45) is 1.50. The van der Waals surface area contributed by atoms with E-state index in [-0.39, 0.29) is 11.2 Å². The highest BCUT2D eigenvalue weighted by Gasteiger charge is 2.20. The van der Waals surface area contributed by atoms with Crippen molar-refractivity contribution in [2.24, 2.45) is 5.41 Å². The summed E-state index contributed by atoms with van der Waals surface area (Å²) in [4.78, 5) is 25.6. The van der Waals surface area contributed by atoms with Gasteiger partial charge in [0.2, 0.25) is 5.82 Å². The number of nitrogens with zero attached hydrogens (tertiary/aromatic N) is 5. The Morgan fingerprint density at radius 2 is 1.88 bits per heavy atom. The van der Waals surface area contributed by atoms with E-state index < -0.39 is 6.03 Å². The van der Waals surface area contributed by atoms with Crippen molar-refractivity contribution < 1.29 is 4.79 Å². The Morgan fingerprint density at radius 3 is 2.59 bits per heavy atom. The highest BCUT2D eigenvalue weighted by Crippen LogP contribution is 2.31. The average molecular weight is 472 g/mol. The number of nitriles is 1. The molecule has 0 atom stereocenters. The zero-order valence-electron chi connectivity index (χ0n) is 19.5. The quantitative estimate of drug-likeness (QED) is 0.371. The number of hydrazine groups is 1. The van der Waals surface area contributed by atoms with Crippen molar-refractivity contribution in [3.05, 3.63) is 66.1 Å². The lowest BCUT2D eigenvalue weighted by Crippen LogP contribution is -2.48. The molecule has 172 valence electrons. The molecule has 2 aromatic heterocycles. The van der Waals surface area contributed by atoms with E-state index in [0.29, 0.717) is 18.1 Å². The van der Waals surface area contributed by atoms with Crippen LogP contribution in [-0.2, 0) is 0 Å². The number of carbonyl (C=O) groups is 1. The predicted molar refractivity (Wildman–Crippen MR) is 135 cm³/mol. The number of nitrogens with one attached hydrogen (secondary N) is 2. The first-order chi connectivity index (χ1) is 16.2. The number of aromatic nitrogens is 3. The van der Waals surface area contributed by atoms with Crippen LogP contribution in [0.25, 0.3) is 20.8 Å². The number of aryl methyl sites for hydroxylation is 1. The summed E-state index contributed by atoms with van der Waals surface area (Å²) in [6.45, 7) is 8.70. The summed E-state index contributed by atoms with van der Waals surface area (Å²) < 4.78 is 1.15. The molecule has 34 heavy (non-hydrogen) atoms. The van der Waals surface area contributed by atoms with Crippen LogP contribution in [0.4, 0.5) is 16.3 Å². The van der Waals surface area contributed by atoms with Crippen LogP contribution in [-0.4, -0.2) is 27.5 Å². The minimum absolute atomic E-state index is 0.0409. The van der Waals surface area contributed by atoms with Crippen LogP contribution in [0, 0.1) is 23.7 Å². The van der Waals surface area contributed by atoms with E-state index in [1.165, 1.54) is 11.8 Å². The standard InChI is InChI=1S/C25H25N7OS/c1-16-5-10-19-20(13-16)34-23(29-19)17-6-8-18(9-7-17)28-24(33)31-32(15-25(2,3)4)22-11-12-27-21(14-26)30-22/h5-13H,15H2,1-4H3,(H2,28,31,33). The molecule has 0 spiro atoms. The van der Waals surface area contributed by atoms with Crippen molar-refractivity contribution in [2.45, 2.75) is 27.7 Å². The van der Waals surface area contributed by atoms with E-state index in [1.807, 2.05) is 57.2 Å². The van der Waals surface area contributed by atoms with Crippen molar-refractivity contribution in [1.82, 2.24) is 20.4 Å². The molecule has 4 rings (SSSR count). The number of fused-ring (bicyclic) bond motifs is 1. The summed E-state index contributed by atoms with van der Waals surface area (Å²) in [5.41, 5.74) is 6.52. The lowest BCUT2D eigenvalue weighted by molar-refractivity contribution is 0.249. The largest absolute Gasteiger partial charge is 0.338 e. The molecular weight excluding hydrogens is 446 g/mol. The van der Waals surface area contributed by atoms with Crippen LogP contribution >= 0.6 is 11.3 Å². The van der Waals surface area contributed by atoms with Crippen LogP contribution in [0.3, 0.4) is 0 Å². The maximum absolute atomic E-state index is 12.8. The van der Waals surface area contributed by atoms with E-state index in [2.05, 4.69) is 39.8 Å². The number of benzene rings is 2. The summed E-state index contributed by atoms with van der Waals surface area (Å²) in [5.74, 6) is 0.484. The van der Waals surface area contributed by atoms with Crippen molar-refractivity contribution in [3.8, 4) is 16.6 Å². The molecule has 0 saturated heterocycles. The first-order valence-corrected chi connectivity index (χ1v) is 11.6. The first kappa shape index (κ1) is 23.1. The molecule has 0 aliphatic rings. The van der Waals surface area contributed by atoms with Crippen LogP contribution < -0.4 is 15.8 Å². The van der Waals surface area contributed by atoms with Crippen LogP contribution in [0.1, 0.15) is 32.2 Å². The number of rotatable bonds is 5. The van der Waals surface area contributed by atoms with Gasteiger partial charge in [-0.05, 0) is 54.3 Å².